The Bertz CT molecular complexity index is 2760. The van der Waals surface area contributed by atoms with Gasteiger partial charge >= 0.3 is 0 Å². The van der Waals surface area contributed by atoms with Gasteiger partial charge in [-0.05, 0) is 107 Å². The standard InChI is InChI=1S/C51H42N4S/c1-32-24-35-25-33(2)29-51(28-32,30-35)42-21-19-39(20-22-42)49-53-48(54-50(55-49)41-11-6-10-40(27-41)36-8-4-3-5-9-36)38-17-15-37(16-18-38)43-12-7-13-44-45-26-34(31-52)14-23-46(45)56-47(43)44/h3-23,26-27,32-33,35H,24-25,28-30H2,1-2H3/t32-,33+,35?,51?. The molecule has 0 spiro atoms. The molecule has 4 atom stereocenters. The predicted molar refractivity (Wildman–Crippen MR) is 231 cm³/mol. The van der Waals surface area contributed by atoms with Crippen molar-refractivity contribution in [3.05, 3.63) is 151 Å². The molecule has 56 heavy (non-hydrogen) atoms. The molecule has 5 heteroatoms. The van der Waals surface area contributed by atoms with Gasteiger partial charge in [0.05, 0.1) is 11.6 Å². The van der Waals surface area contributed by atoms with Gasteiger partial charge in [0.15, 0.2) is 17.5 Å². The molecule has 2 aliphatic rings. The molecule has 0 radical (unpaired) electrons. The third kappa shape index (κ3) is 6.29. The van der Waals surface area contributed by atoms with Crippen LogP contribution in [0.15, 0.2) is 140 Å². The van der Waals surface area contributed by atoms with Crippen molar-refractivity contribution in [2.45, 2.75) is 51.4 Å². The molecule has 6 aromatic carbocycles. The highest BCUT2D eigenvalue weighted by Gasteiger charge is 2.45. The lowest BCUT2D eigenvalue weighted by atomic mass is 9.54. The summed E-state index contributed by atoms with van der Waals surface area (Å²) in [6.07, 6.45) is 6.62. The first-order valence-electron chi connectivity index (χ1n) is 19.9. The number of hydrogen-bond donors (Lipinski definition) is 0. The van der Waals surface area contributed by atoms with E-state index >= 15 is 0 Å². The lowest BCUT2D eigenvalue weighted by Crippen LogP contribution is -2.42. The Morgan fingerprint density at radius 3 is 1.86 bits per heavy atom. The summed E-state index contributed by atoms with van der Waals surface area (Å²) in [5.41, 5.74) is 9.92. The number of hydrogen-bond acceptors (Lipinski definition) is 5. The van der Waals surface area contributed by atoms with Crippen molar-refractivity contribution < 1.29 is 0 Å². The highest BCUT2D eigenvalue weighted by molar-refractivity contribution is 7.26. The van der Waals surface area contributed by atoms with Crippen molar-refractivity contribution in [1.29, 1.82) is 5.26 Å². The van der Waals surface area contributed by atoms with Gasteiger partial charge in [-0.2, -0.15) is 5.26 Å². The Morgan fingerprint density at radius 2 is 1.16 bits per heavy atom. The van der Waals surface area contributed by atoms with Crippen LogP contribution in [0.4, 0.5) is 0 Å². The molecule has 2 unspecified atom stereocenters. The second-order valence-electron chi connectivity index (χ2n) is 16.5. The minimum atomic E-state index is 0.271. The van der Waals surface area contributed by atoms with E-state index in [1.807, 2.05) is 18.2 Å². The molecule has 0 saturated heterocycles. The van der Waals surface area contributed by atoms with Gasteiger partial charge in [0, 0.05) is 36.9 Å². The summed E-state index contributed by atoms with van der Waals surface area (Å²) in [6, 6.07) is 51.5. The number of rotatable bonds is 6. The van der Waals surface area contributed by atoms with Gasteiger partial charge in [0.2, 0.25) is 0 Å². The Morgan fingerprint density at radius 1 is 0.554 bits per heavy atom. The first-order valence-corrected chi connectivity index (χ1v) is 20.7. The fourth-order valence-electron chi connectivity index (χ4n) is 10.2. The molecule has 272 valence electrons. The SMILES string of the molecule is C[C@@H]1CC2C[C@H](C)CC(c3ccc(-c4nc(-c5ccc(-c6cccc7c6sc6ccc(C#N)cc67)cc5)nc(-c5cccc(-c6ccccc6)c5)n4)cc3)(C2)C1. The predicted octanol–water partition coefficient (Wildman–Crippen LogP) is 13.6. The largest absolute Gasteiger partial charge is 0.208 e. The molecular formula is C51H42N4S. The maximum absolute atomic E-state index is 9.53. The van der Waals surface area contributed by atoms with Crippen molar-refractivity contribution in [3.8, 4) is 62.5 Å². The summed E-state index contributed by atoms with van der Waals surface area (Å²) in [5, 5.41) is 11.8. The Balaban J connectivity index is 1.05. The van der Waals surface area contributed by atoms with Gasteiger partial charge in [-0.15, -0.1) is 11.3 Å². The lowest BCUT2D eigenvalue weighted by molar-refractivity contribution is 0.0780. The van der Waals surface area contributed by atoms with Gasteiger partial charge < -0.3 is 0 Å². The van der Waals surface area contributed by atoms with Crippen LogP contribution < -0.4 is 0 Å². The highest BCUT2D eigenvalue weighted by Crippen LogP contribution is 2.54. The van der Waals surface area contributed by atoms with E-state index in [0.717, 1.165) is 56.5 Å². The summed E-state index contributed by atoms with van der Waals surface area (Å²) in [6.45, 7) is 4.91. The van der Waals surface area contributed by atoms with Crippen LogP contribution in [0, 0.1) is 29.1 Å². The van der Waals surface area contributed by atoms with Crippen LogP contribution in [0.25, 0.3) is 76.6 Å². The molecular weight excluding hydrogens is 701 g/mol. The van der Waals surface area contributed by atoms with E-state index in [4.69, 9.17) is 15.0 Å². The van der Waals surface area contributed by atoms with Crippen LogP contribution >= 0.6 is 11.3 Å². The van der Waals surface area contributed by atoms with E-state index < -0.39 is 0 Å². The zero-order valence-corrected chi connectivity index (χ0v) is 32.6. The van der Waals surface area contributed by atoms with Crippen molar-refractivity contribution in [2.24, 2.45) is 17.8 Å². The summed E-state index contributed by atoms with van der Waals surface area (Å²) < 4.78 is 2.40. The summed E-state index contributed by atoms with van der Waals surface area (Å²) in [4.78, 5) is 15.4. The van der Waals surface area contributed by atoms with Crippen molar-refractivity contribution in [1.82, 2.24) is 15.0 Å². The fourth-order valence-corrected chi connectivity index (χ4v) is 11.4. The fraction of sp³-hybridized carbons (Fsp3) is 0.216. The Hall–Kier alpha value is -5.96. The summed E-state index contributed by atoms with van der Waals surface area (Å²) >= 11 is 1.77. The van der Waals surface area contributed by atoms with E-state index in [1.54, 1.807) is 11.3 Å². The second kappa shape index (κ2) is 14.0. The van der Waals surface area contributed by atoms with Gasteiger partial charge in [-0.3, -0.25) is 0 Å². The molecule has 2 aliphatic carbocycles. The summed E-state index contributed by atoms with van der Waals surface area (Å²) in [5.74, 6) is 4.36. The van der Waals surface area contributed by atoms with Gasteiger partial charge in [0.25, 0.3) is 0 Å². The third-order valence-corrected chi connectivity index (χ3v) is 13.5. The smallest absolute Gasteiger partial charge is 0.164 e. The minimum Gasteiger partial charge on any atom is -0.208 e. The Labute approximate surface area is 332 Å². The molecule has 2 heterocycles. The molecule has 8 aromatic rings. The first-order chi connectivity index (χ1) is 27.4. The van der Waals surface area contributed by atoms with Crippen molar-refractivity contribution in [3.63, 3.8) is 0 Å². The number of fused-ring (bicyclic) bond motifs is 5. The van der Waals surface area contributed by atoms with Gasteiger partial charge in [-0.25, -0.2) is 15.0 Å². The van der Waals surface area contributed by atoms with Gasteiger partial charge in [-0.1, -0.05) is 129 Å². The number of nitrogens with zero attached hydrogens (tertiary/aromatic N) is 4. The van der Waals surface area contributed by atoms with Crippen LogP contribution in [-0.2, 0) is 5.41 Å². The zero-order chi connectivity index (χ0) is 37.8. The average Bonchev–Trinajstić information content (AvgIpc) is 3.62. The quantitative estimate of drug-likeness (QED) is 0.170. The second-order valence-corrected chi connectivity index (χ2v) is 17.5. The van der Waals surface area contributed by atoms with E-state index in [9.17, 15) is 5.26 Å². The molecule has 2 saturated carbocycles. The van der Waals surface area contributed by atoms with E-state index in [1.165, 1.54) is 58.0 Å². The molecule has 2 fully saturated rings. The number of aromatic nitrogens is 3. The average molecular weight is 743 g/mol. The molecule has 0 N–H and O–H groups in total. The van der Waals surface area contributed by atoms with Crippen LogP contribution in [0.5, 0.6) is 0 Å². The minimum absolute atomic E-state index is 0.271. The van der Waals surface area contributed by atoms with Crippen molar-refractivity contribution >= 4 is 31.5 Å². The molecule has 0 amide bonds. The molecule has 10 rings (SSSR count). The molecule has 2 bridgehead atoms. The number of nitriles is 1. The number of thiophene rings is 1. The monoisotopic (exact) mass is 742 g/mol. The molecule has 4 nitrogen and oxygen atoms in total. The van der Waals surface area contributed by atoms with Crippen molar-refractivity contribution in [2.75, 3.05) is 0 Å². The number of benzene rings is 6. The van der Waals surface area contributed by atoms with E-state index in [0.29, 0.717) is 23.0 Å². The van der Waals surface area contributed by atoms with E-state index in [2.05, 4.69) is 141 Å². The Kier molecular flexibility index (Phi) is 8.61. The normalized spacial score (nSPS) is 20.6. The first kappa shape index (κ1) is 34.5. The maximum atomic E-state index is 9.53. The van der Waals surface area contributed by atoms with Crippen LogP contribution in [-0.4, -0.2) is 15.0 Å². The lowest BCUT2D eigenvalue weighted by Gasteiger charge is -2.50. The highest BCUT2D eigenvalue weighted by atomic mass is 32.1. The van der Waals surface area contributed by atoms with E-state index in [-0.39, 0.29) is 5.41 Å². The topological polar surface area (TPSA) is 62.5 Å². The van der Waals surface area contributed by atoms with Gasteiger partial charge in [0.1, 0.15) is 0 Å². The summed E-state index contributed by atoms with van der Waals surface area (Å²) in [7, 11) is 0. The third-order valence-electron chi connectivity index (χ3n) is 12.3. The molecule has 2 aromatic heterocycles. The van der Waals surface area contributed by atoms with Crippen LogP contribution in [0.2, 0.25) is 0 Å². The molecule has 0 aliphatic heterocycles. The maximum Gasteiger partial charge on any atom is 0.164 e. The van der Waals surface area contributed by atoms with Crippen LogP contribution in [0.3, 0.4) is 0 Å². The van der Waals surface area contributed by atoms with Crippen LogP contribution in [0.1, 0.15) is 57.1 Å². The zero-order valence-electron chi connectivity index (χ0n) is 31.7.